The van der Waals surface area contributed by atoms with Crippen LogP contribution in [0.25, 0.3) is 11.0 Å². The highest BCUT2D eigenvalue weighted by Crippen LogP contribution is 2.29. The van der Waals surface area contributed by atoms with Crippen molar-refractivity contribution < 1.29 is 28.0 Å². The number of unbranched alkanes of at least 4 members (excludes halogenated alkanes) is 1. The molecule has 0 aliphatic carbocycles. The second-order valence-corrected chi connectivity index (χ2v) is 8.45. The third kappa shape index (κ3) is 5.96. The van der Waals surface area contributed by atoms with Crippen molar-refractivity contribution in [1.29, 1.82) is 0 Å². The van der Waals surface area contributed by atoms with Gasteiger partial charge in [-0.25, -0.2) is 9.36 Å². The van der Waals surface area contributed by atoms with Crippen molar-refractivity contribution >= 4 is 22.7 Å². The van der Waals surface area contributed by atoms with Crippen LogP contribution in [-0.4, -0.2) is 25.0 Å². The van der Waals surface area contributed by atoms with Gasteiger partial charge >= 0.3 is 5.97 Å². The normalized spacial score (nSPS) is 10.9. The van der Waals surface area contributed by atoms with Gasteiger partial charge in [-0.1, -0.05) is 31.5 Å². The molecule has 0 unspecified atom stereocenters. The Kier molecular flexibility index (Phi) is 7.93. The van der Waals surface area contributed by atoms with E-state index in [1.807, 2.05) is 37.5 Å². The summed E-state index contributed by atoms with van der Waals surface area (Å²) >= 11 is 0. The first-order valence-electron chi connectivity index (χ1n) is 12.0. The quantitative estimate of drug-likeness (QED) is 0.126. The topological polar surface area (TPSA) is 69.6 Å². The molecule has 2 heterocycles. The maximum absolute atomic E-state index is 13.4. The molecule has 0 amide bonds. The highest BCUT2D eigenvalue weighted by molar-refractivity contribution is 6.16. The van der Waals surface area contributed by atoms with Crippen molar-refractivity contribution in [3.63, 3.8) is 0 Å². The van der Waals surface area contributed by atoms with E-state index in [-0.39, 0.29) is 18.4 Å². The predicted octanol–water partition coefficient (Wildman–Crippen LogP) is 5.46. The molecule has 0 aliphatic rings. The Morgan fingerprint density at radius 3 is 2.49 bits per heavy atom. The molecule has 0 atom stereocenters. The number of nitrogens with zero attached hydrogens (tertiary/aromatic N) is 1. The Morgan fingerprint density at radius 2 is 1.71 bits per heavy atom. The zero-order valence-corrected chi connectivity index (χ0v) is 20.2. The fourth-order valence-corrected chi connectivity index (χ4v) is 3.91. The molecule has 0 spiro atoms. The lowest BCUT2D eigenvalue weighted by molar-refractivity contribution is -0.671. The van der Waals surface area contributed by atoms with Crippen molar-refractivity contribution in [2.75, 3.05) is 13.2 Å². The summed E-state index contributed by atoms with van der Waals surface area (Å²) in [5.41, 5.74) is 2.49. The number of hydrogen-bond acceptors (Lipinski definition) is 5. The zero-order chi connectivity index (χ0) is 24.6. The number of benzene rings is 2. The van der Waals surface area contributed by atoms with Crippen molar-refractivity contribution in [2.24, 2.45) is 7.05 Å². The first kappa shape index (κ1) is 24.2. The van der Waals surface area contributed by atoms with Crippen LogP contribution < -0.4 is 9.30 Å². The second-order valence-electron chi connectivity index (χ2n) is 8.45. The molecule has 0 saturated heterocycles. The van der Waals surface area contributed by atoms with Gasteiger partial charge < -0.3 is 13.9 Å². The fourth-order valence-electron chi connectivity index (χ4n) is 3.91. The van der Waals surface area contributed by atoms with Crippen LogP contribution in [0.1, 0.15) is 58.2 Å². The minimum atomic E-state index is -0.353. The number of ketones is 1. The van der Waals surface area contributed by atoms with E-state index in [2.05, 4.69) is 6.92 Å². The summed E-state index contributed by atoms with van der Waals surface area (Å²) in [7, 11) is 1.85. The highest BCUT2D eigenvalue weighted by atomic mass is 16.5. The SMILES string of the molecule is CCCCc1oc2ccccc2c1C(=O)c1ccc(OCCCOC(=O)c2ccc[n+](C)c2)cc1. The summed E-state index contributed by atoms with van der Waals surface area (Å²) in [5, 5.41) is 0.850. The molecule has 0 saturated carbocycles. The molecule has 4 rings (SSSR count). The summed E-state index contributed by atoms with van der Waals surface area (Å²) in [6, 6.07) is 18.3. The summed E-state index contributed by atoms with van der Waals surface area (Å²) < 4.78 is 18.9. The van der Waals surface area contributed by atoms with E-state index in [0.717, 1.165) is 36.0 Å². The molecule has 0 bridgehead atoms. The van der Waals surface area contributed by atoms with Crippen molar-refractivity contribution in [3.05, 3.63) is 95.5 Å². The van der Waals surface area contributed by atoms with Crippen LogP contribution >= 0.6 is 0 Å². The Morgan fingerprint density at radius 1 is 0.914 bits per heavy atom. The molecule has 0 radical (unpaired) electrons. The highest BCUT2D eigenvalue weighted by Gasteiger charge is 2.21. The second kappa shape index (κ2) is 11.5. The largest absolute Gasteiger partial charge is 0.493 e. The molecule has 2 aromatic carbocycles. The number of ether oxygens (including phenoxy) is 2. The molecule has 6 nitrogen and oxygen atoms in total. The van der Waals surface area contributed by atoms with Gasteiger partial charge in [-0.05, 0) is 42.8 Å². The molecule has 35 heavy (non-hydrogen) atoms. The summed E-state index contributed by atoms with van der Waals surface area (Å²) in [6.07, 6.45) is 6.87. The number of hydrogen-bond donors (Lipinski definition) is 0. The van der Waals surface area contributed by atoms with Gasteiger partial charge in [0.25, 0.3) is 0 Å². The molecule has 6 heteroatoms. The van der Waals surface area contributed by atoms with E-state index < -0.39 is 0 Å². The molecular weight excluding hydrogens is 442 g/mol. The van der Waals surface area contributed by atoms with Gasteiger partial charge in [0.2, 0.25) is 0 Å². The Balaban J connectivity index is 1.33. The number of furan rings is 1. The molecular formula is C29H30NO5+. The van der Waals surface area contributed by atoms with E-state index in [4.69, 9.17) is 13.9 Å². The summed E-state index contributed by atoms with van der Waals surface area (Å²) in [5.74, 6) is 1.01. The van der Waals surface area contributed by atoms with Crippen LogP contribution in [0.15, 0.2) is 77.5 Å². The van der Waals surface area contributed by atoms with Gasteiger partial charge in [0.05, 0.1) is 18.8 Å². The lowest BCUT2D eigenvalue weighted by Gasteiger charge is -2.08. The Labute approximate surface area is 205 Å². The minimum absolute atomic E-state index is 0.0474. The Bertz CT molecular complexity index is 1310. The third-order valence-corrected chi connectivity index (χ3v) is 5.74. The monoisotopic (exact) mass is 472 g/mol. The van der Waals surface area contributed by atoms with E-state index in [9.17, 15) is 9.59 Å². The number of aromatic nitrogens is 1. The molecule has 2 aromatic heterocycles. The number of carbonyl (C=O) groups excluding carboxylic acids is 2. The van der Waals surface area contributed by atoms with Crippen LogP contribution in [0, 0.1) is 0 Å². The van der Waals surface area contributed by atoms with Crippen molar-refractivity contribution in [2.45, 2.75) is 32.6 Å². The first-order valence-corrected chi connectivity index (χ1v) is 12.0. The van der Waals surface area contributed by atoms with Gasteiger partial charge in [-0.3, -0.25) is 4.79 Å². The molecule has 180 valence electrons. The maximum atomic E-state index is 13.4. The Hall–Kier alpha value is -3.93. The van der Waals surface area contributed by atoms with E-state index in [1.54, 1.807) is 47.2 Å². The van der Waals surface area contributed by atoms with Gasteiger partial charge in [-0.15, -0.1) is 0 Å². The number of rotatable bonds is 11. The van der Waals surface area contributed by atoms with Crippen molar-refractivity contribution in [3.8, 4) is 5.75 Å². The lowest BCUT2D eigenvalue weighted by atomic mass is 9.98. The number of pyridine rings is 1. The van der Waals surface area contributed by atoms with Gasteiger partial charge in [0.15, 0.2) is 18.2 Å². The molecule has 0 aliphatic heterocycles. The van der Waals surface area contributed by atoms with E-state index in [0.29, 0.717) is 35.5 Å². The van der Waals surface area contributed by atoms with E-state index in [1.165, 1.54) is 0 Å². The predicted molar refractivity (Wildman–Crippen MR) is 133 cm³/mol. The first-order chi connectivity index (χ1) is 17.1. The fraction of sp³-hybridized carbons (Fsp3) is 0.276. The average Bonchev–Trinajstić information content (AvgIpc) is 3.25. The van der Waals surface area contributed by atoms with Crippen LogP contribution in [0.2, 0.25) is 0 Å². The maximum Gasteiger partial charge on any atom is 0.344 e. The van der Waals surface area contributed by atoms with Crippen LogP contribution in [0.4, 0.5) is 0 Å². The van der Waals surface area contributed by atoms with Gasteiger partial charge in [0, 0.05) is 29.9 Å². The molecule has 0 N–H and O–H groups in total. The van der Waals surface area contributed by atoms with Gasteiger partial charge in [-0.2, -0.15) is 0 Å². The smallest absolute Gasteiger partial charge is 0.344 e. The molecule has 4 aromatic rings. The van der Waals surface area contributed by atoms with Gasteiger partial charge in [0.1, 0.15) is 29.7 Å². The van der Waals surface area contributed by atoms with Crippen LogP contribution in [0.3, 0.4) is 0 Å². The van der Waals surface area contributed by atoms with Crippen molar-refractivity contribution in [1.82, 2.24) is 0 Å². The average molecular weight is 473 g/mol. The molecule has 0 fully saturated rings. The van der Waals surface area contributed by atoms with E-state index >= 15 is 0 Å². The number of para-hydroxylation sites is 1. The number of fused-ring (bicyclic) bond motifs is 1. The number of esters is 1. The van der Waals surface area contributed by atoms with Crippen LogP contribution in [-0.2, 0) is 18.2 Å². The lowest BCUT2D eigenvalue weighted by Crippen LogP contribution is -2.28. The zero-order valence-electron chi connectivity index (χ0n) is 20.2. The summed E-state index contributed by atoms with van der Waals surface area (Å²) in [6.45, 7) is 2.79. The minimum Gasteiger partial charge on any atom is -0.493 e. The number of aryl methyl sites for hydroxylation is 2. The third-order valence-electron chi connectivity index (χ3n) is 5.74. The summed E-state index contributed by atoms with van der Waals surface area (Å²) in [4.78, 5) is 25.4. The standard InChI is InChI=1S/C29H30NO5/c1-3-4-11-26-27(24-10-5-6-12-25(24)35-26)28(31)21-13-15-23(16-14-21)33-18-8-19-34-29(32)22-9-7-17-30(2)20-22/h5-7,9-10,12-17,20H,3-4,8,11,18-19H2,1-2H3/q+1. The van der Waals surface area contributed by atoms with Crippen LogP contribution in [0.5, 0.6) is 5.75 Å². The number of carbonyl (C=O) groups is 2.